The van der Waals surface area contributed by atoms with Crippen molar-refractivity contribution in [3.05, 3.63) is 264 Å². The van der Waals surface area contributed by atoms with E-state index in [0.717, 1.165) is 6.42 Å². The van der Waals surface area contributed by atoms with E-state index in [4.69, 9.17) is 0 Å². The van der Waals surface area contributed by atoms with E-state index in [-0.39, 0.29) is 6.04 Å². The van der Waals surface area contributed by atoms with Crippen LogP contribution in [0.2, 0.25) is 0 Å². The second-order valence-corrected chi connectivity index (χ2v) is 17.1. The van der Waals surface area contributed by atoms with Crippen LogP contribution in [0.3, 0.4) is 0 Å². The van der Waals surface area contributed by atoms with E-state index in [9.17, 15) is 0 Å². The van der Waals surface area contributed by atoms with Crippen LogP contribution in [0.5, 0.6) is 0 Å². The molecule has 296 valence electrons. The molecule has 0 saturated heterocycles. The van der Waals surface area contributed by atoms with Gasteiger partial charge in [-0.2, -0.15) is 0 Å². The molecule has 0 saturated carbocycles. The summed E-state index contributed by atoms with van der Waals surface area (Å²) in [6, 6.07) is 81.3. The van der Waals surface area contributed by atoms with Crippen molar-refractivity contribution >= 4 is 49.2 Å². The van der Waals surface area contributed by atoms with E-state index >= 15 is 0 Å². The zero-order valence-electron chi connectivity index (χ0n) is 34.7. The van der Waals surface area contributed by atoms with Gasteiger partial charge in [0.05, 0.1) is 28.2 Å². The number of hydrogen-bond donors (Lipinski definition) is 0. The lowest BCUT2D eigenvalue weighted by Crippen LogP contribution is -2.30. The van der Waals surface area contributed by atoms with Gasteiger partial charge in [-0.1, -0.05) is 200 Å². The summed E-state index contributed by atoms with van der Waals surface area (Å²) in [5.74, 6) is 0. The molecule has 2 nitrogen and oxygen atoms in total. The van der Waals surface area contributed by atoms with Crippen molar-refractivity contribution in [2.45, 2.75) is 17.9 Å². The maximum Gasteiger partial charge on any atom is 0.0733 e. The minimum atomic E-state index is -0.536. The molecule has 0 fully saturated rings. The second kappa shape index (κ2) is 14.1. The number of rotatable bonds is 6. The van der Waals surface area contributed by atoms with Gasteiger partial charge < -0.3 is 9.13 Å². The van der Waals surface area contributed by atoms with Crippen molar-refractivity contribution in [2.24, 2.45) is 0 Å². The largest absolute Gasteiger partial charge is 0.333 e. The lowest BCUT2D eigenvalue weighted by molar-refractivity contribution is 0.649. The van der Waals surface area contributed by atoms with E-state index in [1.54, 1.807) is 0 Å². The first kappa shape index (κ1) is 35.8. The maximum atomic E-state index is 2.54. The molecular formula is C61H42N2. The van der Waals surface area contributed by atoms with E-state index in [2.05, 4.69) is 246 Å². The molecule has 2 heteroatoms. The summed E-state index contributed by atoms with van der Waals surface area (Å²) in [6.07, 6.45) is 8.03. The molecule has 1 unspecified atom stereocenters. The molecule has 2 aliphatic carbocycles. The molecule has 0 N–H and O–H groups in total. The summed E-state index contributed by atoms with van der Waals surface area (Å²) in [5.41, 5.74) is 18.3. The highest BCUT2D eigenvalue weighted by atomic mass is 15.0. The third-order valence-corrected chi connectivity index (χ3v) is 13.9. The van der Waals surface area contributed by atoms with E-state index in [1.165, 1.54) is 105 Å². The van der Waals surface area contributed by atoms with Gasteiger partial charge in [0.1, 0.15) is 0 Å². The molecule has 9 aromatic carbocycles. The van der Waals surface area contributed by atoms with Crippen LogP contribution in [0, 0.1) is 0 Å². The van der Waals surface area contributed by atoms with Crippen molar-refractivity contribution < 1.29 is 0 Å². The van der Waals surface area contributed by atoms with Crippen LogP contribution in [0.4, 0.5) is 0 Å². The molecule has 1 atom stereocenters. The highest BCUT2D eigenvalue weighted by Gasteiger charge is 2.47. The monoisotopic (exact) mass is 802 g/mol. The van der Waals surface area contributed by atoms with Gasteiger partial charge in [-0.15, -0.1) is 0 Å². The topological polar surface area (TPSA) is 9.86 Å². The molecule has 0 spiro atoms. The molecular weight excluding hydrogens is 761 g/mol. The first-order chi connectivity index (χ1) is 31.3. The van der Waals surface area contributed by atoms with Crippen molar-refractivity contribution in [3.8, 4) is 27.9 Å². The fourth-order valence-corrected chi connectivity index (χ4v) is 11.3. The minimum Gasteiger partial charge on any atom is -0.333 e. The molecule has 2 aliphatic rings. The van der Waals surface area contributed by atoms with Crippen molar-refractivity contribution in [1.82, 2.24) is 9.13 Å². The fraction of sp³-hybridized carbons (Fsp3) is 0.0492. The third kappa shape index (κ3) is 5.25. The molecule has 11 aromatic rings. The van der Waals surface area contributed by atoms with Crippen LogP contribution in [0.25, 0.3) is 77.1 Å². The van der Waals surface area contributed by atoms with Crippen LogP contribution in [-0.2, 0) is 5.41 Å². The molecule has 0 aliphatic heterocycles. The van der Waals surface area contributed by atoms with Crippen LogP contribution < -0.4 is 0 Å². The first-order valence-corrected chi connectivity index (χ1v) is 22.1. The number of fused-ring (bicyclic) bond motifs is 9. The predicted octanol–water partition coefficient (Wildman–Crippen LogP) is 15.5. The number of nitrogens with zero attached hydrogens (tertiary/aromatic N) is 2. The molecule has 0 amide bonds. The molecule has 13 rings (SSSR count). The van der Waals surface area contributed by atoms with Gasteiger partial charge in [-0.25, -0.2) is 0 Å². The molecule has 63 heavy (non-hydrogen) atoms. The molecule has 0 bridgehead atoms. The van der Waals surface area contributed by atoms with Crippen LogP contribution in [0.15, 0.2) is 237 Å². The smallest absolute Gasteiger partial charge is 0.0733 e. The Balaban J connectivity index is 1.00. The highest BCUT2D eigenvalue weighted by molar-refractivity contribution is 6.12. The summed E-state index contributed by atoms with van der Waals surface area (Å²) in [5, 5.41) is 5.06. The standard InChI is InChI=1S/C61H42N2/c1-3-17-41(18-4-1)42-31-35-46(36-32-42)62-56-28-14-10-24-50(56)52-39-43(34-38-58(52)62)44-33-37-51-49-23-9-15-29-57(49)63(60(51)40-44)59-30-16-13-27-55(59)61(45-19-5-2-6-20-45)53-25-11-7-21-47(53)48-22-8-12-26-54(48)61/h1-35,37-40,46H,36H2. The van der Waals surface area contributed by atoms with Crippen LogP contribution >= 0.6 is 0 Å². The summed E-state index contributed by atoms with van der Waals surface area (Å²) < 4.78 is 5.08. The van der Waals surface area contributed by atoms with Gasteiger partial charge in [-0.05, 0) is 98.5 Å². The van der Waals surface area contributed by atoms with E-state index in [0.29, 0.717) is 0 Å². The highest BCUT2D eigenvalue weighted by Crippen LogP contribution is 2.57. The number of allylic oxidation sites excluding steroid dienone is 4. The number of benzene rings is 9. The zero-order valence-corrected chi connectivity index (χ0v) is 34.7. The SMILES string of the molecule is C1=CC(n2c3ccccc3c3cc(-c4ccc5c6ccccc6n(-c6ccccc6C6(c7ccccc7)c7ccccc7-c7ccccc76)c5c4)ccc32)CC=C1c1ccccc1. The van der Waals surface area contributed by atoms with Crippen molar-refractivity contribution in [2.75, 3.05) is 0 Å². The Morgan fingerprint density at radius 2 is 0.952 bits per heavy atom. The quantitative estimate of drug-likeness (QED) is 0.158. The average molecular weight is 803 g/mol. The van der Waals surface area contributed by atoms with Crippen LogP contribution in [-0.4, -0.2) is 9.13 Å². The Morgan fingerprint density at radius 1 is 0.397 bits per heavy atom. The van der Waals surface area contributed by atoms with Gasteiger partial charge in [0.15, 0.2) is 0 Å². The first-order valence-electron chi connectivity index (χ1n) is 22.1. The number of para-hydroxylation sites is 3. The third-order valence-electron chi connectivity index (χ3n) is 13.9. The van der Waals surface area contributed by atoms with Crippen LogP contribution in [0.1, 0.15) is 40.3 Å². The predicted molar refractivity (Wildman–Crippen MR) is 264 cm³/mol. The Morgan fingerprint density at radius 3 is 1.68 bits per heavy atom. The van der Waals surface area contributed by atoms with Crippen molar-refractivity contribution in [3.63, 3.8) is 0 Å². The second-order valence-electron chi connectivity index (χ2n) is 17.1. The van der Waals surface area contributed by atoms with E-state index in [1.807, 2.05) is 0 Å². The molecule has 2 aromatic heterocycles. The lowest BCUT2D eigenvalue weighted by Gasteiger charge is -2.35. The summed E-state index contributed by atoms with van der Waals surface area (Å²) in [7, 11) is 0. The average Bonchev–Trinajstić information content (AvgIpc) is 3.98. The summed E-state index contributed by atoms with van der Waals surface area (Å²) in [6.45, 7) is 0. The normalized spacial score (nSPS) is 15.2. The van der Waals surface area contributed by atoms with Gasteiger partial charge in [0, 0.05) is 32.6 Å². The van der Waals surface area contributed by atoms with Gasteiger partial charge in [0.2, 0.25) is 0 Å². The maximum absolute atomic E-state index is 2.54. The van der Waals surface area contributed by atoms with E-state index < -0.39 is 5.41 Å². The van der Waals surface area contributed by atoms with Gasteiger partial charge in [-0.3, -0.25) is 0 Å². The van der Waals surface area contributed by atoms with Gasteiger partial charge >= 0.3 is 0 Å². The number of aromatic nitrogens is 2. The van der Waals surface area contributed by atoms with Crippen molar-refractivity contribution in [1.29, 1.82) is 0 Å². The Hall–Kier alpha value is -7.94. The fourth-order valence-electron chi connectivity index (χ4n) is 11.3. The zero-order chi connectivity index (χ0) is 41.5. The summed E-state index contributed by atoms with van der Waals surface area (Å²) >= 11 is 0. The minimum absolute atomic E-state index is 0.232. The lowest BCUT2D eigenvalue weighted by atomic mass is 9.67. The molecule has 0 radical (unpaired) electrons. The molecule has 2 heterocycles. The Labute approximate surface area is 367 Å². The van der Waals surface area contributed by atoms with Gasteiger partial charge in [0.25, 0.3) is 0 Å². The Kier molecular flexibility index (Phi) is 7.98. The summed E-state index contributed by atoms with van der Waals surface area (Å²) in [4.78, 5) is 0. The Bertz CT molecular complexity index is 3610. The number of hydrogen-bond acceptors (Lipinski definition) is 0.